The van der Waals surface area contributed by atoms with E-state index in [1.165, 1.54) is 10.4 Å². The quantitative estimate of drug-likeness (QED) is 0.492. The number of benzene rings is 2. The van der Waals surface area contributed by atoms with Crippen molar-refractivity contribution in [3.8, 4) is 0 Å². The van der Waals surface area contributed by atoms with E-state index in [0.29, 0.717) is 24.6 Å². The Balaban J connectivity index is 1.61. The van der Waals surface area contributed by atoms with Crippen LogP contribution in [-0.4, -0.2) is 55.2 Å². The summed E-state index contributed by atoms with van der Waals surface area (Å²) in [6.45, 7) is 4.09. The molecule has 1 N–H and O–H groups in total. The number of rotatable bonds is 8. The summed E-state index contributed by atoms with van der Waals surface area (Å²) in [7, 11) is -4.21. The van der Waals surface area contributed by atoms with Crippen molar-refractivity contribution in [2.75, 3.05) is 25.0 Å². The standard InChI is InChI=1S/C24H28F5N3O3S/c1-16(2)32(36(34,35)20-5-3-4-17(14-20)24(27,28)29)19-9-12-31(13-10-19)23(33)8-11-30-18-6-7-21(25)22(26)15-18/h3-7,14-16,19,30H,8-13H2,1-2H3. The Hall–Kier alpha value is -2.73. The molecule has 0 unspecified atom stereocenters. The summed E-state index contributed by atoms with van der Waals surface area (Å²) in [4.78, 5) is 13.8. The van der Waals surface area contributed by atoms with E-state index in [1.807, 2.05) is 0 Å². The number of carbonyl (C=O) groups excluding carboxylic acids is 1. The average Bonchev–Trinajstić information content (AvgIpc) is 2.81. The molecule has 0 radical (unpaired) electrons. The molecule has 0 bridgehead atoms. The molecule has 0 atom stereocenters. The lowest BCUT2D eigenvalue weighted by Crippen LogP contribution is -2.51. The lowest BCUT2D eigenvalue weighted by Gasteiger charge is -2.39. The number of nitrogens with zero attached hydrogens (tertiary/aromatic N) is 2. The molecule has 2 aromatic carbocycles. The number of halogens is 5. The fourth-order valence-corrected chi connectivity index (χ4v) is 6.23. The molecule has 1 aliphatic rings. The van der Waals surface area contributed by atoms with Crippen LogP contribution >= 0.6 is 0 Å². The van der Waals surface area contributed by atoms with Crippen LogP contribution in [0.25, 0.3) is 0 Å². The summed E-state index contributed by atoms with van der Waals surface area (Å²) in [6.07, 6.45) is -3.91. The SMILES string of the molecule is CC(C)N(C1CCN(C(=O)CCNc2ccc(F)c(F)c2)CC1)S(=O)(=O)c1cccc(C(F)(F)F)c1. The topological polar surface area (TPSA) is 69.7 Å². The molecule has 12 heteroatoms. The van der Waals surface area contributed by atoms with Gasteiger partial charge < -0.3 is 10.2 Å². The first-order valence-electron chi connectivity index (χ1n) is 11.5. The molecule has 1 saturated heterocycles. The highest BCUT2D eigenvalue weighted by molar-refractivity contribution is 7.89. The predicted octanol–water partition coefficient (Wildman–Crippen LogP) is 4.88. The van der Waals surface area contributed by atoms with E-state index in [2.05, 4.69) is 5.32 Å². The van der Waals surface area contributed by atoms with Crippen molar-refractivity contribution in [1.29, 1.82) is 0 Å². The second-order valence-electron chi connectivity index (χ2n) is 8.87. The van der Waals surface area contributed by atoms with Crippen molar-refractivity contribution in [3.63, 3.8) is 0 Å². The zero-order valence-corrected chi connectivity index (χ0v) is 20.7. The fourth-order valence-electron chi connectivity index (χ4n) is 4.30. The van der Waals surface area contributed by atoms with Crippen LogP contribution in [0.5, 0.6) is 0 Å². The van der Waals surface area contributed by atoms with Crippen molar-refractivity contribution in [2.45, 2.75) is 56.3 Å². The van der Waals surface area contributed by atoms with Gasteiger partial charge in [-0.3, -0.25) is 4.79 Å². The van der Waals surface area contributed by atoms with Crippen molar-refractivity contribution in [2.24, 2.45) is 0 Å². The first-order valence-corrected chi connectivity index (χ1v) is 12.9. The van der Waals surface area contributed by atoms with Crippen LogP contribution in [0.3, 0.4) is 0 Å². The Morgan fingerprint density at radius 3 is 2.33 bits per heavy atom. The molecule has 0 aliphatic carbocycles. The summed E-state index contributed by atoms with van der Waals surface area (Å²) in [5.74, 6) is -2.14. The number of hydrogen-bond acceptors (Lipinski definition) is 4. The van der Waals surface area contributed by atoms with E-state index >= 15 is 0 Å². The van der Waals surface area contributed by atoms with Crippen molar-refractivity contribution in [3.05, 3.63) is 59.7 Å². The molecule has 0 spiro atoms. The van der Waals surface area contributed by atoms with E-state index in [1.54, 1.807) is 18.7 Å². The third-order valence-corrected chi connectivity index (χ3v) is 8.13. The highest BCUT2D eigenvalue weighted by Gasteiger charge is 2.38. The minimum atomic E-state index is -4.67. The maximum atomic E-state index is 13.3. The third kappa shape index (κ3) is 6.52. The Bertz CT molecular complexity index is 1180. The first kappa shape index (κ1) is 27.9. The first-order chi connectivity index (χ1) is 16.8. The monoisotopic (exact) mass is 533 g/mol. The Morgan fingerprint density at radius 1 is 1.08 bits per heavy atom. The number of hydrogen-bond donors (Lipinski definition) is 1. The van der Waals surface area contributed by atoms with Crippen molar-refractivity contribution < 1.29 is 35.2 Å². The van der Waals surface area contributed by atoms with Crippen LogP contribution < -0.4 is 5.32 Å². The molecule has 198 valence electrons. The molecule has 1 fully saturated rings. The molecule has 0 aromatic heterocycles. The number of alkyl halides is 3. The summed E-state index contributed by atoms with van der Waals surface area (Å²) in [5, 5.41) is 2.86. The second kappa shape index (κ2) is 11.1. The molecule has 2 aromatic rings. The molecule has 1 heterocycles. The fraction of sp³-hybridized carbons (Fsp3) is 0.458. The van der Waals surface area contributed by atoms with Crippen LogP contribution in [0.1, 0.15) is 38.7 Å². The average molecular weight is 534 g/mol. The molecule has 0 saturated carbocycles. The van der Waals surface area contributed by atoms with Gasteiger partial charge in [-0.2, -0.15) is 17.5 Å². The number of piperidine rings is 1. The van der Waals surface area contributed by atoms with Crippen molar-refractivity contribution in [1.82, 2.24) is 9.21 Å². The zero-order valence-electron chi connectivity index (χ0n) is 19.9. The Labute approximate surface area is 207 Å². The van der Waals surface area contributed by atoms with Gasteiger partial charge in [-0.1, -0.05) is 6.07 Å². The number of carbonyl (C=O) groups is 1. The smallest absolute Gasteiger partial charge is 0.384 e. The predicted molar refractivity (Wildman–Crippen MR) is 125 cm³/mol. The van der Waals surface area contributed by atoms with E-state index in [-0.39, 0.29) is 32.0 Å². The summed E-state index contributed by atoms with van der Waals surface area (Å²) >= 11 is 0. The summed E-state index contributed by atoms with van der Waals surface area (Å²) in [6, 6.07) is 6.05. The Morgan fingerprint density at radius 2 is 1.75 bits per heavy atom. The minimum Gasteiger partial charge on any atom is -0.384 e. The number of anilines is 1. The van der Waals surface area contributed by atoms with E-state index in [4.69, 9.17) is 0 Å². The maximum absolute atomic E-state index is 13.3. The largest absolute Gasteiger partial charge is 0.416 e. The number of likely N-dealkylation sites (tertiary alicyclic amines) is 1. The molecular weight excluding hydrogens is 505 g/mol. The normalized spacial score (nSPS) is 15.5. The second-order valence-corrected chi connectivity index (χ2v) is 10.7. The van der Waals surface area contributed by atoms with E-state index in [0.717, 1.165) is 30.3 Å². The van der Waals surface area contributed by atoms with Gasteiger partial charge in [-0.05, 0) is 63.1 Å². The van der Waals surface area contributed by atoms with Crippen LogP contribution in [0.15, 0.2) is 47.4 Å². The molecule has 6 nitrogen and oxygen atoms in total. The lowest BCUT2D eigenvalue weighted by atomic mass is 10.0. The van der Waals surface area contributed by atoms with Crippen LogP contribution in [0.4, 0.5) is 27.6 Å². The van der Waals surface area contributed by atoms with Crippen molar-refractivity contribution >= 4 is 21.6 Å². The minimum absolute atomic E-state index is 0.0973. The molecule has 36 heavy (non-hydrogen) atoms. The van der Waals surface area contributed by atoms with Gasteiger partial charge in [0.05, 0.1) is 10.5 Å². The molecule has 1 aliphatic heterocycles. The third-order valence-electron chi connectivity index (χ3n) is 6.01. The maximum Gasteiger partial charge on any atom is 0.416 e. The van der Waals surface area contributed by atoms with E-state index in [9.17, 15) is 35.2 Å². The van der Waals surface area contributed by atoms with Gasteiger partial charge in [0.1, 0.15) is 0 Å². The van der Waals surface area contributed by atoms with Gasteiger partial charge in [-0.15, -0.1) is 0 Å². The van der Waals surface area contributed by atoms with E-state index < -0.39 is 50.4 Å². The van der Waals surface area contributed by atoms with Gasteiger partial charge in [-0.25, -0.2) is 17.2 Å². The van der Waals surface area contributed by atoms with Gasteiger partial charge in [0.15, 0.2) is 11.6 Å². The number of sulfonamides is 1. The lowest BCUT2D eigenvalue weighted by molar-refractivity contribution is -0.137. The highest BCUT2D eigenvalue weighted by Crippen LogP contribution is 2.33. The number of nitrogens with one attached hydrogen (secondary N) is 1. The number of amides is 1. The van der Waals surface area contributed by atoms with Gasteiger partial charge in [0.2, 0.25) is 15.9 Å². The molecule has 3 rings (SSSR count). The van der Waals surface area contributed by atoms with Crippen LogP contribution in [0.2, 0.25) is 0 Å². The summed E-state index contributed by atoms with van der Waals surface area (Å²) < 4.78 is 93.5. The zero-order chi connectivity index (χ0) is 26.7. The Kier molecular flexibility index (Phi) is 8.60. The highest BCUT2D eigenvalue weighted by atomic mass is 32.2. The molecular formula is C24H28F5N3O3S. The van der Waals surface area contributed by atoms with Gasteiger partial charge in [0, 0.05) is 43.8 Å². The summed E-state index contributed by atoms with van der Waals surface area (Å²) in [5.41, 5.74) is -0.697. The van der Waals surface area contributed by atoms with Crippen LogP contribution in [-0.2, 0) is 21.0 Å². The van der Waals surface area contributed by atoms with Gasteiger partial charge >= 0.3 is 6.18 Å². The van der Waals surface area contributed by atoms with Gasteiger partial charge in [0.25, 0.3) is 0 Å². The molecule has 1 amide bonds. The van der Waals surface area contributed by atoms with Crippen LogP contribution in [0, 0.1) is 11.6 Å².